The van der Waals surface area contributed by atoms with Crippen LogP contribution in [0.1, 0.15) is 55.3 Å². The minimum absolute atomic E-state index is 0.402. The van der Waals surface area contributed by atoms with Gasteiger partial charge in [-0.2, -0.15) is 0 Å². The lowest BCUT2D eigenvalue weighted by Crippen LogP contribution is -2.36. The monoisotopic (exact) mass is 260 g/mol. The highest BCUT2D eigenvalue weighted by Gasteiger charge is 2.34. The average molecular weight is 260 g/mol. The van der Waals surface area contributed by atoms with E-state index >= 15 is 0 Å². The van der Waals surface area contributed by atoms with Gasteiger partial charge in [0.1, 0.15) is 0 Å². The van der Waals surface area contributed by atoms with E-state index in [1.54, 1.807) is 0 Å². The van der Waals surface area contributed by atoms with Crippen molar-refractivity contribution in [3.63, 3.8) is 0 Å². The van der Waals surface area contributed by atoms with Crippen molar-refractivity contribution in [1.82, 2.24) is 4.90 Å². The summed E-state index contributed by atoms with van der Waals surface area (Å²) in [4.78, 5) is 2.66. The molecule has 0 aromatic heterocycles. The Hall–Kier alpha value is -0.860. The zero-order valence-electron chi connectivity index (χ0n) is 12.7. The van der Waals surface area contributed by atoms with E-state index in [1.165, 1.54) is 48.9 Å². The molecule has 1 fully saturated rings. The van der Waals surface area contributed by atoms with Crippen LogP contribution in [0.5, 0.6) is 0 Å². The van der Waals surface area contributed by atoms with Gasteiger partial charge in [0.15, 0.2) is 0 Å². The van der Waals surface area contributed by atoms with Crippen LogP contribution in [0.15, 0.2) is 18.2 Å². The Balaban J connectivity index is 2.22. The van der Waals surface area contributed by atoms with Gasteiger partial charge in [-0.3, -0.25) is 4.90 Å². The van der Waals surface area contributed by atoms with E-state index in [0.29, 0.717) is 6.04 Å². The standard InChI is InChI=1S/C17H28N2/c1-4-5-10-19(15-8-9-15)17(12-18)16-11-13(2)6-7-14(16)3/h6-7,11,15,17H,4-5,8-10,12,18H2,1-3H3. The normalized spacial score (nSPS) is 16.9. The van der Waals surface area contributed by atoms with Crippen molar-refractivity contribution >= 4 is 0 Å². The highest BCUT2D eigenvalue weighted by molar-refractivity contribution is 5.33. The van der Waals surface area contributed by atoms with Gasteiger partial charge in [0.25, 0.3) is 0 Å². The first-order chi connectivity index (χ1) is 9.17. The molecule has 1 atom stereocenters. The summed E-state index contributed by atoms with van der Waals surface area (Å²) in [6, 6.07) is 7.94. The molecule has 2 N–H and O–H groups in total. The van der Waals surface area contributed by atoms with Crippen LogP contribution in [0.3, 0.4) is 0 Å². The van der Waals surface area contributed by atoms with Gasteiger partial charge in [-0.1, -0.05) is 37.1 Å². The summed E-state index contributed by atoms with van der Waals surface area (Å²) in [6.45, 7) is 8.56. The minimum atomic E-state index is 0.402. The van der Waals surface area contributed by atoms with E-state index in [9.17, 15) is 0 Å². The van der Waals surface area contributed by atoms with Gasteiger partial charge in [-0.25, -0.2) is 0 Å². The highest BCUT2D eigenvalue weighted by Crippen LogP contribution is 2.35. The topological polar surface area (TPSA) is 29.3 Å². The number of hydrogen-bond donors (Lipinski definition) is 1. The zero-order valence-corrected chi connectivity index (χ0v) is 12.7. The molecule has 0 heterocycles. The van der Waals surface area contributed by atoms with Crippen LogP contribution in [0, 0.1) is 13.8 Å². The van der Waals surface area contributed by atoms with Crippen LogP contribution < -0.4 is 5.73 Å². The Bertz CT molecular complexity index is 410. The van der Waals surface area contributed by atoms with E-state index in [2.05, 4.69) is 43.9 Å². The first-order valence-corrected chi connectivity index (χ1v) is 7.70. The van der Waals surface area contributed by atoms with Crippen LogP contribution in [-0.2, 0) is 0 Å². The Morgan fingerprint density at radius 3 is 2.63 bits per heavy atom. The molecule has 0 radical (unpaired) electrons. The second-order valence-corrected chi connectivity index (χ2v) is 5.93. The molecule has 0 bridgehead atoms. The number of rotatable bonds is 7. The molecule has 1 aromatic carbocycles. The van der Waals surface area contributed by atoms with E-state index < -0.39 is 0 Å². The summed E-state index contributed by atoms with van der Waals surface area (Å²) in [7, 11) is 0. The van der Waals surface area contributed by atoms with Crippen molar-refractivity contribution in [2.24, 2.45) is 5.73 Å². The fourth-order valence-corrected chi connectivity index (χ4v) is 2.90. The van der Waals surface area contributed by atoms with Gasteiger partial charge >= 0.3 is 0 Å². The number of nitrogens with zero attached hydrogens (tertiary/aromatic N) is 1. The van der Waals surface area contributed by atoms with Crippen molar-refractivity contribution in [2.45, 2.75) is 58.5 Å². The fourth-order valence-electron chi connectivity index (χ4n) is 2.90. The SMILES string of the molecule is CCCCN(C1CC1)C(CN)c1cc(C)ccc1C. The summed E-state index contributed by atoms with van der Waals surface area (Å²) in [5, 5.41) is 0. The van der Waals surface area contributed by atoms with Crippen LogP contribution in [0.4, 0.5) is 0 Å². The van der Waals surface area contributed by atoms with E-state index in [-0.39, 0.29) is 0 Å². The number of hydrogen-bond acceptors (Lipinski definition) is 2. The molecule has 1 unspecified atom stereocenters. The van der Waals surface area contributed by atoms with Crippen molar-refractivity contribution in [3.8, 4) is 0 Å². The Kier molecular flexibility index (Phi) is 5.00. The first kappa shape index (κ1) is 14.5. The van der Waals surface area contributed by atoms with Crippen LogP contribution in [0.2, 0.25) is 0 Å². The molecule has 0 spiro atoms. The maximum Gasteiger partial charge on any atom is 0.0476 e. The summed E-state index contributed by atoms with van der Waals surface area (Å²) in [5.41, 5.74) is 10.3. The maximum atomic E-state index is 6.12. The molecule has 0 saturated heterocycles. The van der Waals surface area contributed by atoms with Gasteiger partial charge in [0.05, 0.1) is 0 Å². The fraction of sp³-hybridized carbons (Fsp3) is 0.647. The maximum absolute atomic E-state index is 6.12. The van der Waals surface area contributed by atoms with Gasteiger partial charge in [0.2, 0.25) is 0 Å². The lowest BCUT2D eigenvalue weighted by Gasteiger charge is -2.32. The van der Waals surface area contributed by atoms with Gasteiger partial charge < -0.3 is 5.73 Å². The molecule has 2 nitrogen and oxygen atoms in total. The van der Waals surface area contributed by atoms with E-state index in [1.807, 2.05) is 0 Å². The first-order valence-electron chi connectivity index (χ1n) is 7.70. The number of benzene rings is 1. The minimum Gasteiger partial charge on any atom is -0.329 e. The molecule has 106 valence electrons. The molecule has 1 aromatic rings. The van der Waals surface area contributed by atoms with E-state index in [4.69, 9.17) is 5.73 Å². The van der Waals surface area contributed by atoms with Crippen molar-refractivity contribution in [1.29, 1.82) is 0 Å². The molecular weight excluding hydrogens is 232 g/mol. The molecule has 1 aliphatic rings. The van der Waals surface area contributed by atoms with E-state index in [0.717, 1.165) is 12.6 Å². The molecule has 2 rings (SSSR count). The third-order valence-electron chi connectivity index (χ3n) is 4.20. The average Bonchev–Trinajstić information content (AvgIpc) is 3.22. The van der Waals surface area contributed by atoms with Gasteiger partial charge in [-0.15, -0.1) is 0 Å². The van der Waals surface area contributed by atoms with Crippen molar-refractivity contribution in [2.75, 3.05) is 13.1 Å². The van der Waals surface area contributed by atoms with Crippen LogP contribution >= 0.6 is 0 Å². The number of aryl methyl sites for hydroxylation is 2. The third kappa shape index (κ3) is 3.58. The quantitative estimate of drug-likeness (QED) is 0.812. The smallest absolute Gasteiger partial charge is 0.0476 e. The third-order valence-corrected chi connectivity index (χ3v) is 4.20. The molecule has 19 heavy (non-hydrogen) atoms. The molecule has 0 amide bonds. The Morgan fingerprint density at radius 1 is 1.32 bits per heavy atom. The van der Waals surface area contributed by atoms with Crippen LogP contribution in [-0.4, -0.2) is 24.0 Å². The van der Waals surface area contributed by atoms with Crippen molar-refractivity contribution < 1.29 is 0 Å². The van der Waals surface area contributed by atoms with Gasteiger partial charge in [0, 0.05) is 18.6 Å². The Labute approximate surface area is 118 Å². The van der Waals surface area contributed by atoms with Crippen LogP contribution in [0.25, 0.3) is 0 Å². The highest BCUT2D eigenvalue weighted by atomic mass is 15.2. The number of unbranched alkanes of at least 4 members (excludes halogenated alkanes) is 1. The molecule has 2 heteroatoms. The summed E-state index contributed by atoms with van der Waals surface area (Å²) >= 11 is 0. The van der Waals surface area contributed by atoms with Gasteiger partial charge in [-0.05, 0) is 50.8 Å². The lowest BCUT2D eigenvalue weighted by atomic mass is 9.97. The van der Waals surface area contributed by atoms with Crippen molar-refractivity contribution in [3.05, 3.63) is 34.9 Å². The largest absolute Gasteiger partial charge is 0.329 e. The second-order valence-electron chi connectivity index (χ2n) is 5.93. The Morgan fingerprint density at radius 2 is 2.05 bits per heavy atom. The lowest BCUT2D eigenvalue weighted by molar-refractivity contribution is 0.187. The number of nitrogens with two attached hydrogens (primary N) is 1. The predicted molar refractivity (Wildman–Crippen MR) is 82.3 cm³/mol. The summed E-state index contributed by atoms with van der Waals surface area (Å²) in [6.07, 6.45) is 5.24. The molecular formula is C17H28N2. The molecule has 1 aliphatic carbocycles. The molecule has 0 aliphatic heterocycles. The zero-order chi connectivity index (χ0) is 13.8. The summed E-state index contributed by atoms with van der Waals surface area (Å²) < 4.78 is 0. The predicted octanol–water partition coefficient (Wildman–Crippen LogP) is 3.57. The molecule has 1 saturated carbocycles. The summed E-state index contributed by atoms with van der Waals surface area (Å²) in [5.74, 6) is 0. The second kappa shape index (κ2) is 6.53.